The average Bonchev–Trinajstić information content (AvgIpc) is 2.83. The third kappa shape index (κ3) is 2.67. The highest BCUT2D eigenvalue weighted by Crippen LogP contribution is 2.30. The van der Waals surface area contributed by atoms with E-state index in [1.54, 1.807) is 6.07 Å². The largest absolute Gasteiger partial charge is 0.472 e. The molecule has 0 unspecified atom stereocenters. The topological polar surface area (TPSA) is 68.3 Å². The zero-order chi connectivity index (χ0) is 13.1. The molecule has 18 heavy (non-hydrogen) atoms. The van der Waals surface area contributed by atoms with Crippen LogP contribution in [0.4, 0.5) is 15.8 Å². The Kier molecular flexibility index (Phi) is 3.61. The van der Waals surface area contributed by atoms with Crippen LogP contribution in [0.1, 0.15) is 5.56 Å². The summed E-state index contributed by atoms with van der Waals surface area (Å²) in [4.78, 5) is 10.3. The molecule has 2 aromatic rings. The molecule has 1 aromatic heterocycles. The minimum Gasteiger partial charge on any atom is -0.472 e. The van der Waals surface area contributed by atoms with Gasteiger partial charge in [0.05, 0.1) is 21.9 Å². The van der Waals surface area contributed by atoms with Crippen LogP contribution in [0.2, 0.25) is 0 Å². The van der Waals surface area contributed by atoms with Gasteiger partial charge < -0.3 is 9.73 Å². The van der Waals surface area contributed by atoms with Crippen LogP contribution in [0.25, 0.3) is 0 Å². The lowest BCUT2D eigenvalue weighted by molar-refractivity contribution is -0.384. The van der Waals surface area contributed by atoms with E-state index < -0.39 is 10.7 Å². The molecule has 94 valence electrons. The summed E-state index contributed by atoms with van der Waals surface area (Å²) in [6.45, 7) is 0.318. The molecule has 0 aliphatic rings. The second-order valence-electron chi connectivity index (χ2n) is 3.53. The molecule has 7 heteroatoms. The number of hydrogen-bond acceptors (Lipinski definition) is 4. The van der Waals surface area contributed by atoms with E-state index in [4.69, 9.17) is 4.42 Å². The van der Waals surface area contributed by atoms with Crippen LogP contribution < -0.4 is 5.32 Å². The lowest BCUT2D eigenvalue weighted by atomic mass is 10.2. The highest BCUT2D eigenvalue weighted by atomic mass is 79.9. The Bertz CT molecular complexity index is 572. The molecular weight excluding hydrogens is 307 g/mol. The average molecular weight is 315 g/mol. The van der Waals surface area contributed by atoms with Gasteiger partial charge in [-0.15, -0.1) is 0 Å². The fourth-order valence-corrected chi connectivity index (χ4v) is 1.75. The van der Waals surface area contributed by atoms with E-state index in [0.717, 1.165) is 17.7 Å². The first kappa shape index (κ1) is 12.6. The first-order valence-electron chi connectivity index (χ1n) is 4.96. The van der Waals surface area contributed by atoms with Crippen molar-refractivity contribution in [2.24, 2.45) is 0 Å². The Labute approximate surface area is 110 Å². The van der Waals surface area contributed by atoms with Gasteiger partial charge in [0.15, 0.2) is 0 Å². The Morgan fingerprint density at radius 3 is 2.89 bits per heavy atom. The monoisotopic (exact) mass is 314 g/mol. The van der Waals surface area contributed by atoms with Gasteiger partial charge in [-0.25, -0.2) is 4.39 Å². The van der Waals surface area contributed by atoms with Gasteiger partial charge in [0.25, 0.3) is 5.69 Å². The van der Waals surface area contributed by atoms with Gasteiger partial charge in [0.1, 0.15) is 11.5 Å². The van der Waals surface area contributed by atoms with Crippen molar-refractivity contribution >= 4 is 27.3 Å². The van der Waals surface area contributed by atoms with E-state index in [0.29, 0.717) is 6.54 Å². The summed E-state index contributed by atoms with van der Waals surface area (Å²) in [5.41, 5.74) is 0.751. The normalized spacial score (nSPS) is 10.3. The van der Waals surface area contributed by atoms with Crippen LogP contribution >= 0.6 is 15.9 Å². The van der Waals surface area contributed by atoms with E-state index in [1.807, 2.05) is 0 Å². The minimum atomic E-state index is -0.568. The predicted octanol–water partition coefficient (Wildman–Crippen LogP) is 3.70. The Morgan fingerprint density at radius 1 is 1.50 bits per heavy atom. The standard InChI is InChI=1S/C11H8BrFN2O3/c12-8-3-11(15(16)17)10(4-9(8)13)14-5-7-1-2-18-6-7/h1-4,6,14H,5H2. The molecule has 0 amide bonds. The molecule has 1 aromatic carbocycles. The fraction of sp³-hybridized carbons (Fsp3) is 0.0909. The van der Waals surface area contributed by atoms with Crippen LogP contribution in [0, 0.1) is 15.9 Å². The molecule has 0 atom stereocenters. The third-order valence-corrected chi connectivity index (χ3v) is 2.91. The van der Waals surface area contributed by atoms with E-state index >= 15 is 0 Å². The lowest BCUT2D eigenvalue weighted by Crippen LogP contribution is -2.02. The second kappa shape index (κ2) is 5.18. The Hall–Kier alpha value is -1.89. The van der Waals surface area contributed by atoms with Crippen molar-refractivity contribution in [2.45, 2.75) is 6.54 Å². The maximum atomic E-state index is 13.4. The number of anilines is 1. The Morgan fingerprint density at radius 2 is 2.28 bits per heavy atom. The van der Waals surface area contributed by atoms with Crippen molar-refractivity contribution in [3.63, 3.8) is 0 Å². The molecule has 0 fully saturated rings. The predicted molar refractivity (Wildman–Crippen MR) is 66.8 cm³/mol. The van der Waals surface area contributed by atoms with Gasteiger partial charge in [0, 0.05) is 24.2 Å². The van der Waals surface area contributed by atoms with Gasteiger partial charge >= 0.3 is 0 Å². The first-order chi connectivity index (χ1) is 8.58. The molecule has 0 bridgehead atoms. The summed E-state index contributed by atoms with van der Waals surface area (Å²) in [6.07, 6.45) is 3.00. The van der Waals surface area contributed by atoms with Gasteiger partial charge in [-0.1, -0.05) is 0 Å². The van der Waals surface area contributed by atoms with E-state index in [-0.39, 0.29) is 15.8 Å². The number of nitrogens with zero attached hydrogens (tertiary/aromatic N) is 1. The highest BCUT2D eigenvalue weighted by molar-refractivity contribution is 9.10. The number of nitro benzene ring substituents is 1. The quantitative estimate of drug-likeness (QED) is 0.690. The van der Waals surface area contributed by atoms with Crippen LogP contribution in [-0.2, 0) is 6.54 Å². The van der Waals surface area contributed by atoms with Crippen molar-refractivity contribution in [3.8, 4) is 0 Å². The molecule has 2 rings (SSSR count). The highest BCUT2D eigenvalue weighted by Gasteiger charge is 2.17. The number of furan rings is 1. The number of nitrogens with one attached hydrogen (secondary N) is 1. The van der Waals surface area contributed by atoms with Gasteiger partial charge in [-0.2, -0.15) is 0 Å². The summed E-state index contributed by atoms with van der Waals surface area (Å²) in [5, 5.41) is 13.7. The van der Waals surface area contributed by atoms with Crippen molar-refractivity contribution in [2.75, 3.05) is 5.32 Å². The number of benzene rings is 1. The van der Waals surface area contributed by atoms with Crippen molar-refractivity contribution in [1.82, 2.24) is 0 Å². The third-order valence-electron chi connectivity index (χ3n) is 2.30. The molecule has 1 heterocycles. The molecule has 5 nitrogen and oxygen atoms in total. The molecule has 0 saturated carbocycles. The van der Waals surface area contributed by atoms with Gasteiger partial charge in [0.2, 0.25) is 0 Å². The van der Waals surface area contributed by atoms with Crippen LogP contribution in [0.5, 0.6) is 0 Å². The van der Waals surface area contributed by atoms with Crippen molar-refractivity contribution in [3.05, 3.63) is 56.7 Å². The van der Waals surface area contributed by atoms with Crippen molar-refractivity contribution in [1.29, 1.82) is 0 Å². The number of hydrogen-bond donors (Lipinski definition) is 1. The fourth-order valence-electron chi connectivity index (χ4n) is 1.42. The molecule has 0 radical (unpaired) electrons. The Balaban J connectivity index is 2.25. The zero-order valence-corrected chi connectivity index (χ0v) is 10.6. The summed E-state index contributed by atoms with van der Waals surface area (Å²) in [5.74, 6) is -0.560. The van der Waals surface area contributed by atoms with E-state index in [1.165, 1.54) is 12.5 Å². The summed E-state index contributed by atoms with van der Waals surface area (Å²) >= 11 is 2.92. The summed E-state index contributed by atoms with van der Waals surface area (Å²) in [7, 11) is 0. The van der Waals surface area contributed by atoms with E-state index in [2.05, 4.69) is 21.2 Å². The minimum absolute atomic E-state index is 0.0584. The molecule has 0 saturated heterocycles. The number of halogens is 2. The number of nitro groups is 1. The maximum absolute atomic E-state index is 13.4. The smallest absolute Gasteiger partial charge is 0.293 e. The molecule has 1 N–H and O–H groups in total. The summed E-state index contributed by atoms with van der Waals surface area (Å²) < 4.78 is 18.3. The maximum Gasteiger partial charge on any atom is 0.293 e. The second-order valence-corrected chi connectivity index (χ2v) is 4.38. The molecular formula is C11H8BrFN2O3. The zero-order valence-electron chi connectivity index (χ0n) is 9.02. The van der Waals surface area contributed by atoms with E-state index in [9.17, 15) is 14.5 Å². The summed E-state index contributed by atoms with van der Waals surface area (Å²) in [6, 6.07) is 3.93. The van der Waals surface area contributed by atoms with Crippen molar-refractivity contribution < 1.29 is 13.7 Å². The molecule has 0 aliphatic heterocycles. The van der Waals surface area contributed by atoms with Crippen LogP contribution in [0.15, 0.2) is 39.6 Å². The lowest BCUT2D eigenvalue weighted by Gasteiger charge is -2.06. The van der Waals surface area contributed by atoms with Gasteiger partial charge in [-0.05, 0) is 22.0 Å². The molecule has 0 aliphatic carbocycles. The SMILES string of the molecule is O=[N+]([O-])c1cc(Br)c(F)cc1NCc1ccoc1. The van der Waals surface area contributed by atoms with Crippen LogP contribution in [0.3, 0.4) is 0 Å². The van der Waals surface area contributed by atoms with Gasteiger partial charge in [-0.3, -0.25) is 10.1 Å². The van der Waals surface area contributed by atoms with Crippen LogP contribution in [-0.4, -0.2) is 4.92 Å². The molecule has 0 spiro atoms. The number of rotatable bonds is 4. The first-order valence-corrected chi connectivity index (χ1v) is 5.75.